The van der Waals surface area contributed by atoms with Crippen LogP contribution in [0, 0.1) is 5.92 Å². The largest absolute Gasteiger partial charge is 0.213 e. The van der Waals surface area contributed by atoms with E-state index in [1.807, 2.05) is 13.8 Å². The summed E-state index contributed by atoms with van der Waals surface area (Å²) in [6, 6.07) is 0.00375. The molecule has 0 aliphatic rings. The van der Waals surface area contributed by atoms with Crippen LogP contribution < -0.4 is 4.72 Å². The van der Waals surface area contributed by atoms with Crippen molar-refractivity contribution in [2.45, 2.75) is 46.6 Å². The van der Waals surface area contributed by atoms with Crippen LogP contribution in [0.1, 0.15) is 40.5 Å². The van der Waals surface area contributed by atoms with Crippen molar-refractivity contribution in [3.05, 3.63) is 0 Å². The molecule has 0 atom stereocenters. The molecule has 0 spiro atoms. The zero-order chi connectivity index (χ0) is 10.5. The van der Waals surface area contributed by atoms with Gasteiger partial charge in [-0.2, -0.15) is 0 Å². The molecule has 1 N–H and O–H groups in total. The zero-order valence-electron chi connectivity index (χ0n) is 9.00. The minimum absolute atomic E-state index is 0.00375. The second-order valence-electron chi connectivity index (χ2n) is 4.13. The van der Waals surface area contributed by atoms with Gasteiger partial charge < -0.3 is 0 Å². The molecule has 3 nitrogen and oxygen atoms in total. The smallest absolute Gasteiger partial charge is 0.211 e. The highest BCUT2D eigenvalue weighted by atomic mass is 32.2. The molecule has 0 saturated carbocycles. The number of hydrogen-bond donors (Lipinski definition) is 1. The van der Waals surface area contributed by atoms with Gasteiger partial charge in [0.2, 0.25) is 10.0 Å². The Balaban J connectivity index is 3.77. The van der Waals surface area contributed by atoms with Crippen molar-refractivity contribution in [2.75, 3.05) is 5.75 Å². The fourth-order valence-electron chi connectivity index (χ4n) is 1.10. The van der Waals surface area contributed by atoms with Gasteiger partial charge in [-0.1, -0.05) is 13.8 Å². The van der Waals surface area contributed by atoms with Gasteiger partial charge in [-0.25, -0.2) is 13.1 Å². The Bertz CT molecular complexity index is 220. The van der Waals surface area contributed by atoms with Crippen molar-refractivity contribution < 1.29 is 8.42 Å². The molecule has 0 saturated heterocycles. The van der Waals surface area contributed by atoms with Gasteiger partial charge in [0.25, 0.3) is 0 Å². The van der Waals surface area contributed by atoms with Gasteiger partial charge in [-0.05, 0) is 32.6 Å². The van der Waals surface area contributed by atoms with E-state index >= 15 is 0 Å². The number of hydrogen-bond acceptors (Lipinski definition) is 2. The Labute approximate surface area is 82.0 Å². The lowest BCUT2D eigenvalue weighted by Crippen LogP contribution is -2.32. The Morgan fingerprint density at radius 1 is 1.15 bits per heavy atom. The molecular formula is C9H21NO2S. The van der Waals surface area contributed by atoms with E-state index in [4.69, 9.17) is 0 Å². The fourth-order valence-corrected chi connectivity index (χ4v) is 2.48. The van der Waals surface area contributed by atoms with Gasteiger partial charge in [0, 0.05) is 6.04 Å². The van der Waals surface area contributed by atoms with E-state index in [2.05, 4.69) is 18.6 Å². The van der Waals surface area contributed by atoms with E-state index in [1.165, 1.54) is 0 Å². The molecule has 0 amide bonds. The van der Waals surface area contributed by atoms with Crippen molar-refractivity contribution in [1.29, 1.82) is 0 Å². The molecule has 0 bridgehead atoms. The zero-order valence-corrected chi connectivity index (χ0v) is 9.82. The lowest BCUT2D eigenvalue weighted by molar-refractivity contribution is 0.546. The first kappa shape index (κ1) is 12.9. The van der Waals surface area contributed by atoms with Gasteiger partial charge in [0.05, 0.1) is 5.75 Å². The number of nitrogens with one attached hydrogen (secondary N) is 1. The first-order valence-electron chi connectivity index (χ1n) is 4.83. The lowest BCUT2D eigenvalue weighted by atomic mass is 10.1. The third-order valence-corrected chi connectivity index (χ3v) is 3.27. The highest BCUT2D eigenvalue weighted by Gasteiger charge is 2.11. The normalized spacial score (nSPS) is 12.8. The van der Waals surface area contributed by atoms with Crippen LogP contribution in [0.2, 0.25) is 0 Å². The molecule has 0 unspecified atom stereocenters. The van der Waals surface area contributed by atoms with Crippen LogP contribution in [0.15, 0.2) is 0 Å². The summed E-state index contributed by atoms with van der Waals surface area (Å²) < 4.78 is 25.2. The van der Waals surface area contributed by atoms with E-state index in [9.17, 15) is 8.42 Å². The molecule has 0 aliphatic carbocycles. The van der Waals surface area contributed by atoms with Crippen LogP contribution in [0.4, 0.5) is 0 Å². The van der Waals surface area contributed by atoms with Crippen molar-refractivity contribution in [1.82, 2.24) is 4.72 Å². The molecule has 0 heterocycles. The molecule has 13 heavy (non-hydrogen) atoms. The van der Waals surface area contributed by atoms with Gasteiger partial charge in [0.1, 0.15) is 0 Å². The van der Waals surface area contributed by atoms with E-state index < -0.39 is 10.0 Å². The van der Waals surface area contributed by atoms with Crippen molar-refractivity contribution in [3.8, 4) is 0 Å². The van der Waals surface area contributed by atoms with E-state index in [-0.39, 0.29) is 11.8 Å². The molecule has 80 valence electrons. The van der Waals surface area contributed by atoms with Crippen LogP contribution in [-0.4, -0.2) is 20.2 Å². The number of rotatable bonds is 6. The molecule has 0 rings (SSSR count). The fraction of sp³-hybridized carbons (Fsp3) is 1.00. The molecule has 0 aromatic heterocycles. The Kier molecular flexibility index (Phi) is 5.56. The predicted octanol–water partition coefficient (Wildman–Crippen LogP) is 1.75. The summed E-state index contributed by atoms with van der Waals surface area (Å²) in [5.74, 6) is 0.831. The van der Waals surface area contributed by atoms with E-state index in [1.54, 1.807) is 0 Å². The van der Waals surface area contributed by atoms with Crippen LogP contribution in [0.25, 0.3) is 0 Å². The summed E-state index contributed by atoms with van der Waals surface area (Å²) in [5, 5.41) is 0. The molecule has 0 aromatic rings. The average Bonchev–Trinajstić information content (AvgIpc) is 1.81. The minimum atomic E-state index is -3.03. The molecule has 4 heteroatoms. The van der Waals surface area contributed by atoms with Gasteiger partial charge in [-0.15, -0.1) is 0 Å². The average molecular weight is 207 g/mol. The summed E-state index contributed by atoms with van der Waals surface area (Å²) >= 11 is 0. The summed E-state index contributed by atoms with van der Waals surface area (Å²) in [7, 11) is -3.03. The molecule has 0 radical (unpaired) electrons. The quantitative estimate of drug-likeness (QED) is 0.721. The van der Waals surface area contributed by atoms with Crippen molar-refractivity contribution in [3.63, 3.8) is 0 Å². The standard InChI is InChI=1S/C9H21NO2S/c1-8(2)6-5-7-13(11,12)10-9(3)4/h8-10H,5-7H2,1-4H3. The summed E-state index contributed by atoms with van der Waals surface area (Å²) in [4.78, 5) is 0. The first-order chi connectivity index (χ1) is 5.83. The highest BCUT2D eigenvalue weighted by Crippen LogP contribution is 2.04. The predicted molar refractivity (Wildman–Crippen MR) is 56.1 cm³/mol. The topological polar surface area (TPSA) is 46.2 Å². The van der Waals surface area contributed by atoms with E-state index in [0.717, 1.165) is 12.8 Å². The maximum absolute atomic E-state index is 11.3. The van der Waals surface area contributed by atoms with Gasteiger partial charge in [0.15, 0.2) is 0 Å². The van der Waals surface area contributed by atoms with E-state index in [0.29, 0.717) is 5.92 Å². The molecule has 0 aromatic carbocycles. The van der Waals surface area contributed by atoms with Crippen molar-refractivity contribution >= 4 is 10.0 Å². The Morgan fingerprint density at radius 3 is 2.08 bits per heavy atom. The Hall–Kier alpha value is -0.0900. The minimum Gasteiger partial charge on any atom is -0.213 e. The highest BCUT2D eigenvalue weighted by molar-refractivity contribution is 7.89. The monoisotopic (exact) mass is 207 g/mol. The van der Waals surface area contributed by atoms with Gasteiger partial charge in [-0.3, -0.25) is 0 Å². The van der Waals surface area contributed by atoms with Gasteiger partial charge >= 0.3 is 0 Å². The van der Waals surface area contributed by atoms with Crippen LogP contribution in [0.5, 0.6) is 0 Å². The van der Waals surface area contributed by atoms with Crippen LogP contribution in [-0.2, 0) is 10.0 Å². The second-order valence-corrected chi connectivity index (χ2v) is 6.00. The SMILES string of the molecule is CC(C)CCCS(=O)(=O)NC(C)C. The Morgan fingerprint density at radius 2 is 1.69 bits per heavy atom. The summed E-state index contributed by atoms with van der Waals surface area (Å²) in [6.45, 7) is 7.87. The number of sulfonamides is 1. The third-order valence-electron chi connectivity index (χ3n) is 1.61. The van der Waals surface area contributed by atoms with Crippen molar-refractivity contribution in [2.24, 2.45) is 5.92 Å². The summed E-state index contributed by atoms with van der Waals surface area (Å²) in [5.41, 5.74) is 0. The van der Waals surface area contributed by atoms with Crippen LogP contribution >= 0.6 is 0 Å². The molecular weight excluding hydrogens is 186 g/mol. The lowest BCUT2D eigenvalue weighted by Gasteiger charge is -2.09. The maximum Gasteiger partial charge on any atom is 0.211 e. The first-order valence-corrected chi connectivity index (χ1v) is 6.48. The third kappa shape index (κ3) is 8.25. The van der Waals surface area contributed by atoms with Crippen LogP contribution in [0.3, 0.4) is 0 Å². The summed E-state index contributed by atoms with van der Waals surface area (Å²) in [6.07, 6.45) is 1.72. The maximum atomic E-state index is 11.3. The molecule has 0 fully saturated rings. The molecule has 0 aliphatic heterocycles. The second kappa shape index (κ2) is 5.60.